The van der Waals surface area contributed by atoms with E-state index < -0.39 is 5.97 Å². The number of nitrogens with zero attached hydrogens (tertiary/aromatic N) is 1. The molecule has 7 heteroatoms. The Morgan fingerprint density at radius 1 is 1.39 bits per heavy atom. The van der Waals surface area contributed by atoms with Crippen molar-refractivity contribution in [1.29, 1.82) is 5.26 Å². The van der Waals surface area contributed by atoms with Crippen molar-refractivity contribution in [1.82, 2.24) is 10.6 Å². The molecule has 0 aliphatic carbocycles. The van der Waals surface area contributed by atoms with E-state index >= 15 is 0 Å². The fourth-order valence-electron chi connectivity index (χ4n) is 1.08. The minimum Gasteiger partial charge on any atom is -0.477 e. The Morgan fingerprint density at radius 3 is 2.44 bits per heavy atom. The van der Waals surface area contributed by atoms with E-state index in [2.05, 4.69) is 10.6 Å². The number of carboxylic acids is 1. The monoisotopic (exact) mass is 271 g/mol. The first-order chi connectivity index (χ1) is 8.42. The van der Waals surface area contributed by atoms with Crippen LogP contribution < -0.4 is 10.6 Å². The molecule has 0 unspecified atom stereocenters. The molecule has 0 radical (unpaired) electrons. The van der Waals surface area contributed by atoms with Crippen LogP contribution in [0.3, 0.4) is 0 Å². The molecule has 0 aromatic rings. The van der Waals surface area contributed by atoms with Crippen LogP contribution >= 0.6 is 11.6 Å². The zero-order valence-electron chi connectivity index (χ0n) is 10.1. The maximum Gasteiger partial charge on any atom is 0.346 e. The van der Waals surface area contributed by atoms with Crippen LogP contribution in [0.4, 0.5) is 0 Å². The molecule has 0 spiro atoms. The van der Waals surface area contributed by atoms with Gasteiger partial charge in [-0.15, -0.1) is 11.6 Å². The molecule has 0 fully saturated rings. The maximum atomic E-state index is 10.8. The summed E-state index contributed by atoms with van der Waals surface area (Å²) < 4.78 is 0. The first kappa shape index (κ1) is 16.0. The topological polar surface area (TPSA) is 102 Å². The van der Waals surface area contributed by atoms with Gasteiger partial charge < -0.3 is 15.7 Å². The number of carboxylic acid groups (broad SMARTS) is 1. The Labute approximate surface area is 110 Å². The Bertz CT molecular complexity index is 435. The van der Waals surface area contributed by atoms with Crippen molar-refractivity contribution >= 4 is 23.5 Å². The van der Waals surface area contributed by atoms with E-state index in [0.717, 1.165) is 0 Å². The highest BCUT2D eigenvalue weighted by Gasteiger charge is 2.08. The molecular formula is C11H14ClN3O3. The molecule has 18 heavy (non-hydrogen) atoms. The predicted octanol–water partition coefficient (Wildman–Crippen LogP) is 0.717. The second-order valence-corrected chi connectivity index (χ2v) is 3.66. The number of alkyl halides is 1. The van der Waals surface area contributed by atoms with E-state index in [1.807, 2.05) is 0 Å². The van der Waals surface area contributed by atoms with Crippen molar-refractivity contribution in [3.8, 4) is 6.07 Å². The molecule has 3 N–H and O–H groups in total. The number of hydrogen-bond acceptors (Lipinski definition) is 4. The standard InChI is InChI=1S/C11H14ClN3O3/c1-7(9(5-13)11(17)18)3-8(2)14-6-15-10(16)4-12/h3,14H,4,6H2,1-2H3,(H,15,16)(H,17,18)/b8-3+,9-7-. The molecule has 0 saturated carbocycles. The van der Waals surface area contributed by atoms with Gasteiger partial charge in [0, 0.05) is 5.70 Å². The molecule has 1 amide bonds. The zero-order valence-corrected chi connectivity index (χ0v) is 10.8. The summed E-state index contributed by atoms with van der Waals surface area (Å²) in [4.78, 5) is 21.5. The number of carbonyl (C=O) groups is 2. The van der Waals surface area contributed by atoms with Gasteiger partial charge in [-0.05, 0) is 25.5 Å². The number of nitrogens with one attached hydrogen (secondary N) is 2. The fourth-order valence-corrected chi connectivity index (χ4v) is 1.18. The summed E-state index contributed by atoms with van der Waals surface area (Å²) in [5.74, 6) is -1.71. The van der Waals surface area contributed by atoms with Crippen LogP contribution in [-0.4, -0.2) is 29.5 Å². The summed E-state index contributed by atoms with van der Waals surface area (Å²) in [5.41, 5.74) is 0.635. The molecule has 0 aliphatic rings. The predicted molar refractivity (Wildman–Crippen MR) is 66.6 cm³/mol. The number of aliphatic carboxylic acids is 1. The molecule has 0 heterocycles. The van der Waals surface area contributed by atoms with E-state index in [9.17, 15) is 9.59 Å². The highest BCUT2D eigenvalue weighted by Crippen LogP contribution is 2.06. The van der Waals surface area contributed by atoms with Gasteiger partial charge in [-0.3, -0.25) is 4.79 Å². The summed E-state index contributed by atoms with van der Waals surface area (Å²) in [7, 11) is 0. The van der Waals surface area contributed by atoms with Crippen LogP contribution in [0.5, 0.6) is 0 Å². The molecule has 98 valence electrons. The lowest BCUT2D eigenvalue weighted by Crippen LogP contribution is -2.33. The van der Waals surface area contributed by atoms with E-state index in [1.165, 1.54) is 13.0 Å². The molecule has 0 aromatic heterocycles. The summed E-state index contributed by atoms with van der Waals surface area (Å²) in [6.07, 6.45) is 1.51. The highest BCUT2D eigenvalue weighted by atomic mass is 35.5. The van der Waals surface area contributed by atoms with Crippen molar-refractivity contribution in [3.63, 3.8) is 0 Å². The van der Waals surface area contributed by atoms with E-state index in [-0.39, 0.29) is 24.0 Å². The number of amides is 1. The Morgan fingerprint density at radius 2 is 2.00 bits per heavy atom. The number of nitriles is 1. The lowest BCUT2D eigenvalue weighted by Gasteiger charge is -2.07. The Balaban J connectivity index is 4.55. The molecule has 0 aromatic carbocycles. The number of carbonyl (C=O) groups excluding carboxylic acids is 1. The van der Waals surface area contributed by atoms with Crippen molar-refractivity contribution in [3.05, 3.63) is 22.9 Å². The molecule has 0 atom stereocenters. The summed E-state index contributed by atoms with van der Waals surface area (Å²) >= 11 is 5.28. The molecule has 0 rings (SSSR count). The summed E-state index contributed by atoms with van der Waals surface area (Å²) in [6, 6.07) is 1.61. The first-order valence-corrected chi connectivity index (χ1v) is 5.55. The Hall–Kier alpha value is -2.00. The lowest BCUT2D eigenvalue weighted by molar-refractivity contribution is -0.132. The normalized spacial score (nSPS) is 12.2. The van der Waals surface area contributed by atoms with Gasteiger partial charge in [0.05, 0.1) is 6.67 Å². The fraction of sp³-hybridized carbons (Fsp3) is 0.364. The van der Waals surface area contributed by atoms with Crippen LogP contribution in [0.15, 0.2) is 22.9 Å². The minimum atomic E-state index is -1.27. The maximum absolute atomic E-state index is 10.8. The largest absolute Gasteiger partial charge is 0.477 e. The van der Waals surface area contributed by atoms with Gasteiger partial charge >= 0.3 is 5.97 Å². The van der Waals surface area contributed by atoms with Crippen LogP contribution in [0.1, 0.15) is 13.8 Å². The van der Waals surface area contributed by atoms with Gasteiger partial charge in [0.15, 0.2) is 0 Å². The molecular weight excluding hydrogens is 258 g/mol. The van der Waals surface area contributed by atoms with Crippen molar-refractivity contribution in [2.75, 3.05) is 12.5 Å². The van der Waals surface area contributed by atoms with Gasteiger partial charge in [-0.2, -0.15) is 5.26 Å². The van der Waals surface area contributed by atoms with Crippen molar-refractivity contribution in [2.24, 2.45) is 0 Å². The first-order valence-electron chi connectivity index (χ1n) is 5.01. The van der Waals surface area contributed by atoms with Crippen LogP contribution in [0.25, 0.3) is 0 Å². The van der Waals surface area contributed by atoms with E-state index in [0.29, 0.717) is 11.3 Å². The van der Waals surface area contributed by atoms with Gasteiger partial charge in [0.2, 0.25) is 5.91 Å². The summed E-state index contributed by atoms with van der Waals surface area (Å²) in [6.45, 7) is 3.39. The molecule has 6 nitrogen and oxygen atoms in total. The minimum absolute atomic E-state index is 0.124. The second-order valence-electron chi connectivity index (χ2n) is 3.39. The molecule has 0 aliphatic heterocycles. The number of halogens is 1. The zero-order chi connectivity index (χ0) is 14.1. The summed E-state index contributed by atoms with van der Waals surface area (Å²) in [5, 5.41) is 22.7. The van der Waals surface area contributed by atoms with E-state index in [4.69, 9.17) is 22.0 Å². The second kappa shape index (κ2) is 8.14. The average molecular weight is 272 g/mol. The third-order valence-electron chi connectivity index (χ3n) is 1.93. The third-order valence-corrected chi connectivity index (χ3v) is 2.17. The number of allylic oxidation sites excluding steroid dienone is 3. The van der Waals surface area contributed by atoms with Crippen molar-refractivity contribution < 1.29 is 14.7 Å². The Kier molecular flexibility index (Phi) is 7.24. The molecule has 0 bridgehead atoms. The lowest BCUT2D eigenvalue weighted by atomic mass is 10.1. The third kappa shape index (κ3) is 5.92. The number of rotatable bonds is 6. The number of hydrogen-bond donors (Lipinski definition) is 3. The quantitative estimate of drug-likeness (QED) is 0.217. The molecule has 0 saturated heterocycles. The smallest absolute Gasteiger partial charge is 0.346 e. The van der Waals surface area contributed by atoms with Gasteiger partial charge in [0.1, 0.15) is 17.5 Å². The van der Waals surface area contributed by atoms with Gasteiger partial charge in [-0.1, -0.05) is 0 Å². The average Bonchev–Trinajstić information content (AvgIpc) is 2.28. The van der Waals surface area contributed by atoms with Crippen LogP contribution in [0.2, 0.25) is 0 Å². The SMILES string of the molecule is CC(/C=C(\C)NCNC(=O)CCl)=C(\C#N)C(=O)O. The van der Waals surface area contributed by atoms with Crippen molar-refractivity contribution in [2.45, 2.75) is 13.8 Å². The van der Waals surface area contributed by atoms with E-state index in [1.54, 1.807) is 13.0 Å². The highest BCUT2D eigenvalue weighted by molar-refractivity contribution is 6.27. The van der Waals surface area contributed by atoms with Crippen LogP contribution in [-0.2, 0) is 9.59 Å². The van der Waals surface area contributed by atoms with Crippen LogP contribution in [0, 0.1) is 11.3 Å². The van der Waals surface area contributed by atoms with Gasteiger partial charge in [-0.25, -0.2) is 4.79 Å². The van der Waals surface area contributed by atoms with Gasteiger partial charge in [0.25, 0.3) is 0 Å².